The quantitative estimate of drug-likeness (QED) is 0.888. The Hall–Kier alpha value is -2.27. The van der Waals surface area contributed by atoms with E-state index in [1.165, 1.54) is 12.1 Å². The molecule has 0 heterocycles. The fourth-order valence-electron chi connectivity index (χ4n) is 2.82. The first-order valence-corrected chi connectivity index (χ1v) is 7.30. The molecule has 0 aromatic heterocycles. The number of benzene rings is 2. The van der Waals surface area contributed by atoms with Crippen LogP contribution in [-0.4, -0.2) is 11.7 Å². The molecule has 0 spiro atoms. The van der Waals surface area contributed by atoms with E-state index in [-0.39, 0.29) is 17.9 Å². The van der Waals surface area contributed by atoms with Gasteiger partial charge in [0.2, 0.25) is 0 Å². The lowest BCUT2D eigenvalue weighted by atomic mass is 10.1. The van der Waals surface area contributed by atoms with Crippen molar-refractivity contribution in [3.63, 3.8) is 0 Å². The average Bonchev–Trinajstić information content (AvgIpc) is 2.88. The molecule has 2 N–H and O–H groups in total. The Balaban J connectivity index is 1.63. The van der Waals surface area contributed by atoms with Crippen LogP contribution in [0.3, 0.4) is 0 Å². The smallest absolute Gasteiger partial charge is 0.416 e. The van der Waals surface area contributed by atoms with Gasteiger partial charge in [0.1, 0.15) is 5.75 Å². The van der Waals surface area contributed by atoms with Gasteiger partial charge in [-0.05, 0) is 41.3 Å². The Morgan fingerprint density at radius 3 is 2.61 bits per heavy atom. The number of phenolic OH excluding ortho intramolecular Hbond substituents is 1. The van der Waals surface area contributed by atoms with Gasteiger partial charge >= 0.3 is 6.18 Å². The SMILES string of the molecule is Oc1ccc2c(c1)C=C(CNCc1ccccc1C(F)(F)F)C2. The van der Waals surface area contributed by atoms with Crippen LogP contribution in [0, 0.1) is 0 Å². The predicted molar refractivity (Wildman–Crippen MR) is 82.9 cm³/mol. The van der Waals surface area contributed by atoms with Crippen molar-refractivity contribution in [2.45, 2.75) is 19.1 Å². The molecule has 0 radical (unpaired) electrons. The van der Waals surface area contributed by atoms with Gasteiger partial charge in [-0.25, -0.2) is 0 Å². The molecule has 1 aliphatic rings. The van der Waals surface area contributed by atoms with Gasteiger partial charge in [-0.3, -0.25) is 0 Å². The second-order valence-corrected chi connectivity index (χ2v) is 5.62. The number of fused-ring (bicyclic) bond motifs is 1. The molecule has 2 nitrogen and oxygen atoms in total. The maximum atomic E-state index is 12.9. The monoisotopic (exact) mass is 319 g/mol. The standard InChI is InChI=1S/C18H16F3NO/c19-18(20,21)17-4-2-1-3-14(17)11-22-10-12-7-13-5-6-16(23)9-15(13)8-12/h1-6,8-9,22-23H,7,10-11H2. The third-order valence-corrected chi connectivity index (χ3v) is 3.90. The molecular formula is C18H16F3NO. The zero-order chi connectivity index (χ0) is 16.4. The lowest BCUT2D eigenvalue weighted by molar-refractivity contribution is -0.138. The number of alkyl halides is 3. The molecule has 0 amide bonds. The topological polar surface area (TPSA) is 32.3 Å². The fourth-order valence-corrected chi connectivity index (χ4v) is 2.82. The summed E-state index contributed by atoms with van der Waals surface area (Å²) in [7, 11) is 0. The summed E-state index contributed by atoms with van der Waals surface area (Å²) in [4.78, 5) is 0. The molecule has 23 heavy (non-hydrogen) atoms. The van der Waals surface area contributed by atoms with Crippen molar-refractivity contribution in [2.24, 2.45) is 0 Å². The number of phenols is 1. The van der Waals surface area contributed by atoms with Gasteiger partial charge in [-0.1, -0.05) is 35.9 Å². The van der Waals surface area contributed by atoms with E-state index in [0.717, 1.165) is 29.2 Å². The van der Waals surface area contributed by atoms with E-state index >= 15 is 0 Å². The van der Waals surface area contributed by atoms with E-state index in [4.69, 9.17) is 0 Å². The highest BCUT2D eigenvalue weighted by atomic mass is 19.4. The summed E-state index contributed by atoms with van der Waals surface area (Å²) < 4.78 is 38.8. The first-order valence-electron chi connectivity index (χ1n) is 7.30. The van der Waals surface area contributed by atoms with E-state index in [0.29, 0.717) is 6.54 Å². The van der Waals surface area contributed by atoms with Crippen LogP contribution >= 0.6 is 0 Å². The van der Waals surface area contributed by atoms with E-state index in [2.05, 4.69) is 5.32 Å². The summed E-state index contributed by atoms with van der Waals surface area (Å²) in [6, 6.07) is 10.8. The van der Waals surface area contributed by atoms with Crippen LogP contribution in [0.15, 0.2) is 48.0 Å². The summed E-state index contributed by atoms with van der Waals surface area (Å²) in [6.45, 7) is 0.677. The largest absolute Gasteiger partial charge is 0.508 e. The zero-order valence-electron chi connectivity index (χ0n) is 12.3. The van der Waals surface area contributed by atoms with Gasteiger partial charge in [0.15, 0.2) is 0 Å². The molecule has 0 saturated carbocycles. The van der Waals surface area contributed by atoms with Gasteiger partial charge in [0.25, 0.3) is 0 Å². The second-order valence-electron chi connectivity index (χ2n) is 5.62. The first kappa shape index (κ1) is 15.6. The van der Waals surface area contributed by atoms with Crippen LogP contribution in [0.25, 0.3) is 6.08 Å². The van der Waals surface area contributed by atoms with Gasteiger partial charge in [-0.2, -0.15) is 13.2 Å². The van der Waals surface area contributed by atoms with Crippen LogP contribution in [0.4, 0.5) is 13.2 Å². The molecule has 120 valence electrons. The third-order valence-electron chi connectivity index (χ3n) is 3.90. The van der Waals surface area contributed by atoms with Crippen LogP contribution in [0.5, 0.6) is 5.75 Å². The van der Waals surface area contributed by atoms with Gasteiger partial charge in [-0.15, -0.1) is 0 Å². The molecule has 0 fully saturated rings. The van der Waals surface area contributed by atoms with Crippen molar-refractivity contribution >= 4 is 6.08 Å². The lowest BCUT2D eigenvalue weighted by Crippen LogP contribution is -2.19. The summed E-state index contributed by atoms with van der Waals surface area (Å²) >= 11 is 0. The van der Waals surface area contributed by atoms with Crippen LogP contribution in [0.2, 0.25) is 0 Å². The van der Waals surface area contributed by atoms with Crippen molar-refractivity contribution in [1.82, 2.24) is 5.32 Å². The Morgan fingerprint density at radius 1 is 1.04 bits per heavy atom. The summed E-state index contributed by atoms with van der Waals surface area (Å²) in [5.41, 5.74) is 2.83. The highest BCUT2D eigenvalue weighted by molar-refractivity contribution is 5.65. The van der Waals surface area contributed by atoms with E-state index in [1.807, 2.05) is 12.1 Å². The third kappa shape index (κ3) is 3.56. The highest BCUT2D eigenvalue weighted by Crippen LogP contribution is 2.32. The molecule has 3 rings (SSSR count). The van der Waals surface area contributed by atoms with Crippen molar-refractivity contribution in [3.8, 4) is 5.75 Å². The van der Waals surface area contributed by atoms with Crippen LogP contribution < -0.4 is 5.32 Å². The molecule has 2 aromatic rings. The number of nitrogens with one attached hydrogen (secondary N) is 1. The van der Waals surface area contributed by atoms with Gasteiger partial charge in [0.05, 0.1) is 5.56 Å². The molecule has 0 saturated heterocycles. The number of hydrogen-bond acceptors (Lipinski definition) is 2. The maximum Gasteiger partial charge on any atom is 0.416 e. The highest BCUT2D eigenvalue weighted by Gasteiger charge is 2.32. The Bertz CT molecular complexity index is 750. The number of halogens is 3. The Morgan fingerprint density at radius 2 is 1.83 bits per heavy atom. The van der Waals surface area contributed by atoms with Crippen molar-refractivity contribution < 1.29 is 18.3 Å². The van der Waals surface area contributed by atoms with E-state index < -0.39 is 11.7 Å². The summed E-state index contributed by atoms with van der Waals surface area (Å²) in [5, 5.41) is 12.5. The van der Waals surface area contributed by atoms with E-state index in [9.17, 15) is 18.3 Å². The lowest BCUT2D eigenvalue weighted by Gasteiger charge is -2.13. The van der Waals surface area contributed by atoms with Gasteiger partial charge < -0.3 is 10.4 Å². The molecule has 1 aliphatic carbocycles. The molecule has 5 heteroatoms. The molecule has 2 aromatic carbocycles. The molecular weight excluding hydrogens is 303 g/mol. The maximum absolute atomic E-state index is 12.9. The molecule has 0 aliphatic heterocycles. The fraction of sp³-hybridized carbons (Fsp3) is 0.222. The molecule has 0 unspecified atom stereocenters. The normalized spacial score (nSPS) is 13.8. The number of rotatable bonds is 4. The minimum absolute atomic E-state index is 0.161. The second kappa shape index (κ2) is 6.08. The zero-order valence-corrected chi connectivity index (χ0v) is 12.3. The van der Waals surface area contributed by atoms with Crippen molar-refractivity contribution in [1.29, 1.82) is 0 Å². The summed E-state index contributed by atoms with van der Waals surface area (Å²) in [5.74, 6) is 0.216. The first-order chi connectivity index (χ1) is 10.9. The van der Waals surface area contributed by atoms with Crippen LogP contribution in [-0.2, 0) is 19.1 Å². The Labute approximate surface area is 132 Å². The number of aromatic hydroxyl groups is 1. The molecule has 0 atom stereocenters. The molecule has 0 bridgehead atoms. The number of hydrogen-bond donors (Lipinski definition) is 2. The minimum Gasteiger partial charge on any atom is -0.508 e. The predicted octanol–water partition coefficient (Wildman–Crippen LogP) is 4.14. The van der Waals surface area contributed by atoms with E-state index in [1.54, 1.807) is 18.2 Å². The van der Waals surface area contributed by atoms with Crippen LogP contribution in [0.1, 0.15) is 22.3 Å². The Kier molecular flexibility index (Phi) is 4.13. The minimum atomic E-state index is -4.33. The van der Waals surface area contributed by atoms with Crippen molar-refractivity contribution in [2.75, 3.05) is 6.54 Å². The van der Waals surface area contributed by atoms with Gasteiger partial charge in [0, 0.05) is 13.1 Å². The summed E-state index contributed by atoms with van der Waals surface area (Å²) in [6.07, 6.45) is -1.61. The van der Waals surface area contributed by atoms with Crippen molar-refractivity contribution in [3.05, 3.63) is 70.3 Å². The average molecular weight is 319 g/mol.